The number of hydrogen-bond donors (Lipinski definition) is 3. The maximum absolute atomic E-state index is 12.8. The van der Waals surface area contributed by atoms with E-state index in [1.165, 1.54) is 7.11 Å². The number of amides is 4. The van der Waals surface area contributed by atoms with Crippen LogP contribution < -0.4 is 16.1 Å². The maximum atomic E-state index is 12.8. The predicted octanol–water partition coefficient (Wildman–Crippen LogP) is 1.56. The smallest absolute Gasteiger partial charge is 0.426 e. The quantitative estimate of drug-likeness (QED) is 0.421. The van der Waals surface area contributed by atoms with Gasteiger partial charge in [-0.3, -0.25) is 4.79 Å². The van der Waals surface area contributed by atoms with Gasteiger partial charge < -0.3 is 20.1 Å². The summed E-state index contributed by atoms with van der Waals surface area (Å²) in [6, 6.07) is 7.41. The minimum atomic E-state index is -1.02. The number of hydrogen-bond acceptors (Lipinski definition) is 6. The Labute approximate surface area is 181 Å². The first-order chi connectivity index (χ1) is 14.8. The Hall–Kier alpha value is -3.30. The minimum Gasteiger partial charge on any atom is -0.467 e. The van der Waals surface area contributed by atoms with Crippen LogP contribution in [0.5, 0.6) is 0 Å². The van der Waals surface area contributed by atoms with E-state index >= 15 is 0 Å². The van der Waals surface area contributed by atoms with E-state index in [4.69, 9.17) is 9.47 Å². The molecule has 1 saturated heterocycles. The molecule has 31 heavy (non-hydrogen) atoms. The molecule has 0 aliphatic carbocycles. The fraction of sp³-hybridized carbons (Fsp3) is 0.524. The summed E-state index contributed by atoms with van der Waals surface area (Å²) in [6.07, 6.45) is -0.121. The molecule has 1 heterocycles. The number of ether oxygens (including phenoxy) is 2. The third-order valence-electron chi connectivity index (χ3n) is 4.70. The second-order valence-corrected chi connectivity index (χ2v) is 7.72. The van der Waals surface area contributed by atoms with Crippen molar-refractivity contribution in [3.05, 3.63) is 35.9 Å². The van der Waals surface area contributed by atoms with E-state index in [0.29, 0.717) is 13.0 Å². The summed E-state index contributed by atoms with van der Waals surface area (Å²) in [5.74, 6) is -1.20. The number of esters is 1. The highest BCUT2D eigenvalue weighted by molar-refractivity contribution is 5.86. The average Bonchev–Trinajstić information content (AvgIpc) is 3.15. The zero-order valence-corrected chi connectivity index (χ0v) is 18.1. The molecule has 0 spiro atoms. The largest absolute Gasteiger partial charge is 0.467 e. The van der Waals surface area contributed by atoms with Gasteiger partial charge in [-0.15, -0.1) is 0 Å². The topological polar surface area (TPSA) is 126 Å². The van der Waals surface area contributed by atoms with Crippen LogP contribution >= 0.6 is 0 Å². The summed E-state index contributed by atoms with van der Waals surface area (Å²) in [5.41, 5.74) is 3.22. The Morgan fingerprint density at radius 1 is 1.23 bits per heavy atom. The first-order valence-electron chi connectivity index (χ1n) is 10.2. The molecule has 10 nitrogen and oxygen atoms in total. The van der Waals surface area contributed by atoms with Gasteiger partial charge in [0.25, 0.3) is 0 Å². The van der Waals surface area contributed by atoms with Gasteiger partial charge in [-0.2, -0.15) is 0 Å². The number of rotatable bonds is 8. The van der Waals surface area contributed by atoms with Gasteiger partial charge in [0.1, 0.15) is 12.6 Å². The van der Waals surface area contributed by atoms with Crippen LogP contribution in [0.15, 0.2) is 30.3 Å². The lowest BCUT2D eigenvalue weighted by Crippen LogP contribution is -2.56. The van der Waals surface area contributed by atoms with Crippen molar-refractivity contribution in [1.82, 2.24) is 21.1 Å². The normalized spacial score (nSPS) is 16.3. The number of methoxy groups -OCH3 is 1. The standard InChI is InChI=1S/C21H30N4O6/c1-14(2)12-25(24-21(29)31-13-15-7-5-4-6-8-15)20(28)23-17(19(27)30-3)11-16-9-10-22-18(16)26/h4-8,14,16-17H,9-13H2,1-3H3,(H,22,26)(H,23,28)(H,24,29). The predicted molar refractivity (Wildman–Crippen MR) is 111 cm³/mol. The first-order valence-corrected chi connectivity index (χ1v) is 10.2. The molecule has 0 saturated carbocycles. The summed E-state index contributed by atoms with van der Waals surface area (Å²) in [6.45, 7) is 4.50. The van der Waals surface area contributed by atoms with E-state index < -0.39 is 30.1 Å². The molecule has 0 bridgehead atoms. The summed E-state index contributed by atoms with van der Waals surface area (Å²) in [7, 11) is 1.21. The number of hydrazine groups is 1. The van der Waals surface area contributed by atoms with Crippen molar-refractivity contribution in [3.63, 3.8) is 0 Å². The Bertz CT molecular complexity index is 770. The van der Waals surface area contributed by atoms with Crippen LogP contribution in [0.2, 0.25) is 0 Å². The maximum Gasteiger partial charge on any atom is 0.426 e. The minimum absolute atomic E-state index is 0.0253. The molecule has 1 aliphatic heterocycles. The fourth-order valence-electron chi connectivity index (χ4n) is 3.15. The van der Waals surface area contributed by atoms with Crippen molar-refractivity contribution in [2.45, 2.75) is 39.3 Å². The van der Waals surface area contributed by atoms with E-state index in [1.807, 2.05) is 44.2 Å². The lowest BCUT2D eigenvalue weighted by atomic mass is 9.98. The highest BCUT2D eigenvalue weighted by Crippen LogP contribution is 2.17. The fourth-order valence-corrected chi connectivity index (χ4v) is 3.15. The van der Waals surface area contributed by atoms with Crippen LogP contribution in [0.3, 0.4) is 0 Å². The number of benzene rings is 1. The lowest BCUT2D eigenvalue weighted by Gasteiger charge is -2.27. The molecule has 2 atom stereocenters. The summed E-state index contributed by atoms with van der Waals surface area (Å²) in [5, 5.41) is 6.32. The number of carbonyl (C=O) groups is 4. The van der Waals surface area contributed by atoms with E-state index in [9.17, 15) is 19.2 Å². The molecule has 10 heteroatoms. The van der Waals surface area contributed by atoms with Crippen molar-refractivity contribution in [3.8, 4) is 0 Å². The SMILES string of the molecule is COC(=O)C(CC1CCNC1=O)NC(=O)N(CC(C)C)NC(=O)OCc1ccccc1. The Morgan fingerprint density at radius 2 is 1.94 bits per heavy atom. The molecular formula is C21H30N4O6. The van der Waals surface area contributed by atoms with Crippen molar-refractivity contribution in [2.75, 3.05) is 20.2 Å². The monoisotopic (exact) mass is 434 g/mol. The summed E-state index contributed by atoms with van der Waals surface area (Å²) < 4.78 is 9.94. The molecule has 0 radical (unpaired) electrons. The van der Waals surface area contributed by atoms with E-state index in [0.717, 1.165) is 10.6 Å². The van der Waals surface area contributed by atoms with Crippen molar-refractivity contribution in [2.24, 2.45) is 11.8 Å². The second kappa shape index (κ2) is 11.8. The molecule has 1 aromatic carbocycles. The molecule has 170 valence electrons. The van der Waals surface area contributed by atoms with E-state index in [2.05, 4.69) is 16.1 Å². The molecular weight excluding hydrogens is 404 g/mol. The van der Waals surface area contributed by atoms with Gasteiger partial charge in [0.15, 0.2) is 0 Å². The molecule has 3 N–H and O–H groups in total. The molecule has 1 aromatic rings. The van der Waals surface area contributed by atoms with Gasteiger partial charge in [-0.05, 0) is 24.3 Å². The van der Waals surface area contributed by atoms with Gasteiger partial charge in [-0.25, -0.2) is 24.8 Å². The third kappa shape index (κ3) is 7.80. The average molecular weight is 434 g/mol. The number of nitrogens with one attached hydrogen (secondary N) is 3. The molecule has 4 amide bonds. The third-order valence-corrected chi connectivity index (χ3v) is 4.70. The van der Waals surface area contributed by atoms with E-state index in [1.54, 1.807) is 0 Å². The number of urea groups is 1. The highest BCUT2D eigenvalue weighted by atomic mass is 16.6. The number of nitrogens with zero attached hydrogens (tertiary/aromatic N) is 1. The molecule has 1 fully saturated rings. The molecule has 2 unspecified atom stereocenters. The molecule has 1 aliphatic rings. The Kier molecular flexibility index (Phi) is 9.11. The van der Waals surface area contributed by atoms with Crippen molar-refractivity contribution < 1.29 is 28.7 Å². The van der Waals surface area contributed by atoms with Crippen LogP contribution in [0.4, 0.5) is 9.59 Å². The first kappa shape index (κ1) is 24.0. The van der Waals surface area contributed by atoms with Crippen LogP contribution in [0.1, 0.15) is 32.3 Å². The summed E-state index contributed by atoms with van der Waals surface area (Å²) >= 11 is 0. The second-order valence-electron chi connectivity index (χ2n) is 7.72. The van der Waals surface area contributed by atoms with Gasteiger partial charge in [0, 0.05) is 19.0 Å². The zero-order valence-electron chi connectivity index (χ0n) is 18.1. The van der Waals surface area contributed by atoms with Crippen LogP contribution in [0.25, 0.3) is 0 Å². The molecule has 2 rings (SSSR count). The van der Waals surface area contributed by atoms with Crippen molar-refractivity contribution >= 4 is 24.0 Å². The number of carbonyl (C=O) groups excluding carboxylic acids is 4. The van der Waals surface area contributed by atoms with Crippen LogP contribution in [0, 0.1) is 11.8 Å². The van der Waals surface area contributed by atoms with Gasteiger partial charge in [0.05, 0.1) is 7.11 Å². The van der Waals surface area contributed by atoms with Crippen LogP contribution in [-0.2, 0) is 25.7 Å². The highest BCUT2D eigenvalue weighted by Gasteiger charge is 2.33. The lowest BCUT2D eigenvalue weighted by molar-refractivity contribution is -0.143. The summed E-state index contributed by atoms with van der Waals surface area (Å²) in [4.78, 5) is 49.1. The van der Waals surface area contributed by atoms with Gasteiger partial charge >= 0.3 is 18.1 Å². The van der Waals surface area contributed by atoms with E-state index in [-0.39, 0.29) is 31.4 Å². The Balaban J connectivity index is 1.99. The zero-order chi connectivity index (χ0) is 22.8. The Morgan fingerprint density at radius 3 is 2.52 bits per heavy atom. The van der Waals surface area contributed by atoms with Crippen LogP contribution in [-0.4, -0.2) is 55.3 Å². The van der Waals surface area contributed by atoms with Gasteiger partial charge in [0.2, 0.25) is 5.91 Å². The molecule has 0 aromatic heterocycles. The van der Waals surface area contributed by atoms with Crippen molar-refractivity contribution in [1.29, 1.82) is 0 Å². The van der Waals surface area contributed by atoms with Gasteiger partial charge in [-0.1, -0.05) is 44.2 Å².